The van der Waals surface area contributed by atoms with Crippen molar-refractivity contribution < 1.29 is 14.6 Å². The van der Waals surface area contributed by atoms with Crippen molar-refractivity contribution in [3.05, 3.63) is 54.1 Å². The number of likely N-dealkylation sites (N-methyl/N-ethyl adjacent to an activating group) is 1. The number of benzene rings is 3. The van der Waals surface area contributed by atoms with Gasteiger partial charge in [-0.15, -0.1) is 0 Å². The molecule has 0 saturated carbocycles. The average molecular weight is 418 g/mol. The Hall–Kier alpha value is -3.29. The second-order valence-corrected chi connectivity index (χ2v) is 7.86. The summed E-state index contributed by atoms with van der Waals surface area (Å²) in [4.78, 5) is 24.6. The SMILES string of the molecule is COc1cccc2c1ccc1nc3cccc(C(=O)NC(C)C(CO)N(C)C)c3nc12. The zero-order valence-electron chi connectivity index (χ0n) is 18.1. The second-order valence-electron chi connectivity index (χ2n) is 7.86. The molecule has 2 atom stereocenters. The number of hydrogen-bond donors (Lipinski definition) is 2. The summed E-state index contributed by atoms with van der Waals surface area (Å²) >= 11 is 0. The van der Waals surface area contributed by atoms with E-state index in [1.54, 1.807) is 13.2 Å². The zero-order valence-corrected chi connectivity index (χ0v) is 18.1. The van der Waals surface area contributed by atoms with Gasteiger partial charge in [0.2, 0.25) is 0 Å². The van der Waals surface area contributed by atoms with Crippen LogP contribution in [0.3, 0.4) is 0 Å². The summed E-state index contributed by atoms with van der Waals surface area (Å²) < 4.78 is 5.49. The minimum Gasteiger partial charge on any atom is -0.496 e. The van der Waals surface area contributed by atoms with E-state index < -0.39 is 0 Å². The maximum absolute atomic E-state index is 13.1. The molecule has 1 heterocycles. The molecule has 1 aromatic heterocycles. The third-order valence-corrected chi connectivity index (χ3v) is 5.70. The molecule has 0 spiro atoms. The number of aliphatic hydroxyl groups excluding tert-OH is 1. The number of ether oxygens (including phenoxy) is 1. The van der Waals surface area contributed by atoms with Gasteiger partial charge in [0.25, 0.3) is 5.91 Å². The molecule has 0 aliphatic rings. The van der Waals surface area contributed by atoms with Crippen LogP contribution in [-0.4, -0.2) is 65.8 Å². The Balaban J connectivity index is 1.84. The quantitative estimate of drug-likeness (QED) is 0.370. The monoisotopic (exact) mass is 418 g/mol. The Morgan fingerprint density at radius 1 is 1.03 bits per heavy atom. The highest BCUT2D eigenvalue weighted by Crippen LogP contribution is 2.31. The molecular formula is C24H26N4O3. The minimum absolute atomic E-state index is 0.0533. The number of methoxy groups -OCH3 is 1. The van der Waals surface area contributed by atoms with Crippen LogP contribution in [0.1, 0.15) is 17.3 Å². The van der Waals surface area contributed by atoms with E-state index in [0.29, 0.717) is 16.6 Å². The number of nitrogens with one attached hydrogen (secondary N) is 1. The van der Waals surface area contributed by atoms with Crippen LogP contribution in [0.2, 0.25) is 0 Å². The van der Waals surface area contributed by atoms with Crippen LogP contribution in [0.15, 0.2) is 48.5 Å². The molecule has 0 saturated heterocycles. The van der Waals surface area contributed by atoms with Gasteiger partial charge < -0.3 is 20.1 Å². The van der Waals surface area contributed by atoms with Gasteiger partial charge in [-0.25, -0.2) is 9.97 Å². The number of aliphatic hydroxyl groups is 1. The Bertz CT molecular complexity index is 1270. The Morgan fingerprint density at radius 3 is 2.48 bits per heavy atom. The van der Waals surface area contributed by atoms with Crippen LogP contribution >= 0.6 is 0 Å². The molecule has 0 aliphatic carbocycles. The first kappa shape index (κ1) is 21.0. The highest BCUT2D eigenvalue weighted by atomic mass is 16.5. The maximum atomic E-state index is 13.1. The van der Waals surface area contributed by atoms with Crippen LogP contribution in [0.4, 0.5) is 0 Å². The van der Waals surface area contributed by atoms with E-state index in [1.165, 1.54) is 0 Å². The number of rotatable bonds is 6. The molecule has 1 amide bonds. The van der Waals surface area contributed by atoms with E-state index in [2.05, 4.69) is 5.32 Å². The lowest BCUT2D eigenvalue weighted by Crippen LogP contribution is -2.49. The summed E-state index contributed by atoms with van der Waals surface area (Å²) in [7, 11) is 5.39. The van der Waals surface area contributed by atoms with Gasteiger partial charge in [-0.05, 0) is 51.4 Å². The minimum atomic E-state index is -0.249. The Morgan fingerprint density at radius 2 is 1.77 bits per heavy atom. The van der Waals surface area contributed by atoms with Gasteiger partial charge in [0, 0.05) is 16.8 Å². The van der Waals surface area contributed by atoms with Crippen molar-refractivity contribution in [2.75, 3.05) is 27.8 Å². The molecule has 2 N–H and O–H groups in total. The number of carbonyl (C=O) groups excluding carboxylic acids is 1. The number of amides is 1. The number of fused-ring (bicyclic) bond motifs is 4. The summed E-state index contributed by atoms with van der Waals surface area (Å²) in [6, 6.07) is 14.7. The van der Waals surface area contributed by atoms with Crippen LogP contribution in [-0.2, 0) is 0 Å². The summed E-state index contributed by atoms with van der Waals surface area (Å²) in [5.74, 6) is 0.518. The van der Waals surface area contributed by atoms with E-state index in [1.807, 2.05) is 68.4 Å². The number of carbonyl (C=O) groups is 1. The molecular weight excluding hydrogens is 392 g/mol. The number of para-hydroxylation sites is 1. The molecule has 2 unspecified atom stereocenters. The molecule has 31 heavy (non-hydrogen) atoms. The fourth-order valence-corrected chi connectivity index (χ4v) is 4.00. The van der Waals surface area contributed by atoms with Crippen LogP contribution in [0, 0.1) is 0 Å². The first-order valence-electron chi connectivity index (χ1n) is 10.2. The third kappa shape index (κ3) is 3.78. The largest absolute Gasteiger partial charge is 0.496 e. The lowest BCUT2D eigenvalue weighted by Gasteiger charge is -2.29. The Labute approximate surface area is 180 Å². The fourth-order valence-electron chi connectivity index (χ4n) is 4.00. The predicted octanol–water partition coefficient (Wildman–Crippen LogP) is 2.99. The van der Waals surface area contributed by atoms with Crippen LogP contribution in [0.25, 0.3) is 32.8 Å². The zero-order chi connectivity index (χ0) is 22.1. The van der Waals surface area contributed by atoms with E-state index in [-0.39, 0.29) is 24.6 Å². The van der Waals surface area contributed by atoms with Gasteiger partial charge in [-0.3, -0.25) is 4.79 Å². The van der Waals surface area contributed by atoms with E-state index in [0.717, 1.165) is 27.6 Å². The van der Waals surface area contributed by atoms with Crippen molar-refractivity contribution in [1.82, 2.24) is 20.2 Å². The Kier molecular flexibility index (Phi) is 5.71. The van der Waals surface area contributed by atoms with Crippen LogP contribution in [0.5, 0.6) is 5.75 Å². The molecule has 0 radical (unpaired) electrons. The molecule has 0 aliphatic heterocycles. The van der Waals surface area contributed by atoms with Crippen LogP contribution < -0.4 is 10.1 Å². The van der Waals surface area contributed by atoms with E-state index in [4.69, 9.17) is 14.7 Å². The van der Waals surface area contributed by atoms with E-state index in [9.17, 15) is 9.90 Å². The van der Waals surface area contributed by atoms with Crippen molar-refractivity contribution in [3.8, 4) is 5.75 Å². The molecule has 7 nitrogen and oxygen atoms in total. The van der Waals surface area contributed by atoms with Gasteiger partial charge in [0.1, 0.15) is 11.3 Å². The molecule has 160 valence electrons. The third-order valence-electron chi connectivity index (χ3n) is 5.70. The number of aromatic nitrogens is 2. The standard InChI is InChI=1S/C24H26N4O3/c1-14(20(13-29)28(2)3)25-24(30)17-8-5-9-18-23(17)27-22-16-7-6-10-21(31-4)15(16)11-12-19(22)26-18/h5-12,14,20,29H,13H2,1-4H3,(H,25,30). The maximum Gasteiger partial charge on any atom is 0.253 e. The van der Waals surface area contributed by atoms with Crippen molar-refractivity contribution in [2.24, 2.45) is 0 Å². The number of nitrogens with zero attached hydrogens (tertiary/aromatic N) is 3. The second kappa shape index (κ2) is 8.45. The first-order valence-corrected chi connectivity index (χ1v) is 10.2. The van der Waals surface area contributed by atoms with Crippen molar-refractivity contribution in [2.45, 2.75) is 19.0 Å². The normalized spacial score (nSPS) is 13.6. The summed E-state index contributed by atoms with van der Waals surface area (Å²) in [6.45, 7) is 1.83. The molecule has 0 fully saturated rings. The topological polar surface area (TPSA) is 87.6 Å². The van der Waals surface area contributed by atoms with Gasteiger partial charge >= 0.3 is 0 Å². The van der Waals surface area contributed by atoms with Gasteiger partial charge in [0.05, 0.1) is 41.9 Å². The predicted molar refractivity (Wildman–Crippen MR) is 123 cm³/mol. The van der Waals surface area contributed by atoms with Gasteiger partial charge in [0.15, 0.2) is 0 Å². The average Bonchev–Trinajstić information content (AvgIpc) is 2.76. The smallest absolute Gasteiger partial charge is 0.253 e. The lowest BCUT2D eigenvalue weighted by molar-refractivity contribution is 0.0882. The highest BCUT2D eigenvalue weighted by molar-refractivity contribution is 6.11. The lowest BCUT2D eigenvalue weighted by atomic mass is 10.1. The molecule has 4 aromatic rings. The highest BCUT2D eigenvalue weighted by Gasteiger charge is 2.22. The fraction of sp³-hybridized carbons (Fsp3) is 0.292. The van der Waals surface area contributed by atoms with Crippen molar-refractivity contribution in [1.29, 1.82) is 0 Å². The van der Waals surface area contributed by atoms with Crippen molar-refractivity contribution in [3.63, 3.8) is 0 Å². The van der Waals surface area contributed by atoms with Crippen molar-refractivity contribution >= 4 is 38.7 Å². The molecule has 3 aromatic carbocycles. The van der Waals surface area contributed by atoms with Gasteiger partial charge in [-0.2, -0.15) is 0 Å². The first-order chi connectivity index (χ1) is 14.9. The summed E-state index contributed by atoms with van der Waals surface area (Å²) in [5.41, 5.74) is 3.13. The van der Waals surface area contributed by atoms with E-state index >= 15 is 0 Å². The summed E-state index contributed by atoms with van der Waals surface area (Å²) in [5, 5.41) is 14.5. The van der Waals surface area contributed by atoms with Gasteiger partial charge in [-0.1, -0.05) is 18.2 Å². The number of hydrogen-bond acceptors (Lipinski definition) is 6. The summed E-state index contributed by atoms with van der Waals surface area (Å²) in [6.07, 6.45) is 0. The molecule has 7 heteroatoms. The molecule has 4 rings (SSSR count). The molecule has 0 bridgehead atoms.